The summed E-state index contributed by atoms with van der Waals surface area (Å²) in [6.07, 6.45) is -7.94. The summed E-state index contributed by atoms with van der Waals surface area (Å²) in [6.45, 7) is -0.697. The summed E-state index contributed by atoms with van der Waals surface area (Å²) < 4.78 is 16.2. The fourth-order valence-electron chi connectivity index (χ4n) is 3.56. The average Bonchev–Trinajstić information content (AvgIpc) is 2.79. The summed E-state index contributed by atoms with van der Waals surface area (Å²) in [4.78, 5) is 12.7. The van der Waals surface area contributed by atoms with Crippen molar-refractivity contribution in [1.29, 1.82) is 0 Å². The summed E-state index contributed by atoms with van der Waals surface area (Å²) >= 11 is 0. The largest absolute Gasteiger partial charge is 0.507 e. The van der Waals surface area contributed by atoms with E-state index in [9.17, 15) is 50.8 Å². The number of rotatable bonds is 4. The molecule has 1 saturated heterocycles. The van der Waals surface area contributed by atoms with E-state index < -0.39 is 82.6 Å². The van der Waals surface area contributed by atoms with Gasteiger partial charge < -0.3 is 59.8 Å². The second-order valence-corrected chi connectivity index (χ2v) is 7.60. The standard InChI is InChI=1S/C21H20O13.2H2S/c22-5-12-15(27)17(29)19(31)21(34-12)32-7-3-8(23)13-11(4-7)33-20(18(30)16(13)28)6-1-9(24)14(26)10(25)2-6;;/h1-4,12,15,17,19,21-27,29-31H,5H2;2*1H2/t12?,15?,17?,19-,21?;;/m1../s1. The molecule has 0 saturated carbocycles. The van der Waals surface area contributed by atoms with E-state index in [0.717, 1.165) is 24.3 Å². The molecule has 1 fully saturated rings. The number of aliphatic hydroxyl groups excluding tert-OH is 4. The van der Waals surface area contributed by atoms with E-state index in [1.54, 1.807) is 0 Å². The fourth-order valence-corrected chi connectivity index (χ4v) is 3.56. The van der Waals surface area contributed by atoms with E-state index >= 15 is 0 Å². The predicted octanol–water partition coefficient (Wildman–Crippen LogP) is -0.608. The second kappa shape index (κ2) is 10.9. The molecule has 1 aliphatic heterocycles. The van der Waals surface area contributed by atoms with Crippen LogP contribution < -0.4 is 10.2 Å². The van der Waals surface area contributed by atoms with Gasteiger partial charge in [-0.2, -0.15) is 27.0 Å². The lowest BCUT2D eigenvalue weighted by Crippen LogP contribution is -2.60. The number of phenolic OH excluding ortho intramolecular Hbond substituents is 4. The molecule has 198 valence electrons. The van der Waals surface area contributed by atoms with Crippen molar-refractivity contribution in [2.45, 2.75) is 30.7 Å². The first-order valence-corrected chi connectivity index (χ1v) is 9.78. The Labute approximate surface area is 215 Å². The molecule has 5 atom stereocenters. The number of ether oxygens (including phenoxy) is 2. The van der Waals surface area contributed by atoms with Crippen LogP contribution in [0, 0.1) is 0 Å². The molecule has 3 aromatic rings. The molecule has 0 aliphatic carbocycles. The van der Waals surface area contributed by atoms with Crippen LogP contribution in [-0.2, 0) is 4.74 Å². The van der Waals surface area contributed by atoms with Gasteiger partial charge in [0, 0.05) is 17.7 Å². The monoisotopic (exact) mass is 548 g/mol. The first-order chi connectivity index (χ1) is 16.0. The molecule has 1 aliphatic rings. The van der Waals surface area contributed by atoms with Crippen molar-refractivity contribution in [2.24, 2.45) is 0 Å². The second-order valence-electron chi connectivity index (χ2n) is 7.60. The highest BCUT2D eigenvalue weighted by Crippen LogP contribution is 2.42. The molecule has 4 unspecified atom stereocenters. The molecule has 0 amide bonds. The van der Waals surface area contributed by atoms with Crippen molar-refractivity contribution in [2.75, 3.05) is 6.61 Å². The van der Waals surface area contributed by atoms with Gasteiger partial charge in [-0.1, -0.05) is 0 Å². The van der Waals surface area contributed by atoms with Crippen molar-refractivity contribution in [1.82, 2.24) is 0 Å². The van der Waals surface area contributed by atoms with Gasteiger partial charge in [-0.05, 0) is 12.1 Å². The molecule has 36 heavy (non-hydrogen) atoms. The van der Waals surface area contributed by atoms with Crippen LogP contribution in [-0.4, -0.2) is 83.3 Å². The zero-order chi connectivity index (χ0) is 24.9. The van der Waals surface area contributed by atoms with Gasteiger partial charge in [-0.3, -0.25) is 4.79 Å². The highest BCUT2D eigenvalue weighted by atomic mass is 32.1. The highest BCUT2D eigenvalue weighted by Gasteiger charge is 2.44. The molecule has 9 N–H and O–H groups in total. The Hall–Kier alpha value is -3.05. The molecular formula is C21H24O13S2. The van der Waals surface area contributed by atoms with Gasteiger partial charge in [0.15, 0.2) is 23.0 Å². The van der Waals surface area contributed by atoms with Crippen LogP contribution in [0.25, 0.3) is 22.3 Å². The molecule has 15 heteroatoms. The van der Waals surface area contributed by atoms with E-state index in [1.165, 1.54) is 0 Å². The maximum absolute atomic E-state index is 12.7. The molecule has 13 nitrogen and oxygen atoms in total. The van der Waals surface area contributed by atoms with Crippen LogP contribution in [0.3, 0.4) is 0 Å². The first kappa shape index (κ1) is 29.2. The van der Waals surface area contributed by atoms with Crippen molar-refractivity contribution >= 4 is 38.0 Å². The van der Waals surface area contributed by atoms with Gasteiger partial charge in [0.2, 0.25) is 17.5 Å². The van der Waals surface area contributed by atoms with Crippen molar-refractivity contribution in [3.8, 4) is 45.8 Å². The van der Waals surface area contributed by atoms with Gasteiger partial charge in [-0.15, -0.1) is 0 Å². The molecule has 0 bridgehead atoms. The van der Waals surface area contributed by atoms with Gasteiger partial charge in [0.1, 0.15) is 46.9 Å². The maximum Gasteiger partial charge on any atom is 0.238 e. The summed E-state index contributed by atoms with van der Waals surface area (Å²) in [5.41, 5.74) is -1.59. The summed E-state index contributed by atoms with van der Waals surface area (Å²) in [5.74, 6) is -4.77. The smallest absolute Gasteiger partial charge is 0.238 e. The Morgan fingerprint density at radius 2 is 1.42 bits per heavy atom. The summed E-state index contributed by atoms with van der Waals surface area (Å²) in [7, 11) is 0. The minimum atomic E-state index is -1.75. The Morgan fingerprint density at radius 1 is 0.806 bits per heavy atom. The molecule has 0 radical (unpaired) electrons. The van der Waals surface area contributed by atoms with Crippen LogP contribution in [0.4, 0.5) is 0 Å². The zero-order valence-corrected chi connectivity index (χ0v) is 20.1. The predicted molar refractivity (Wildman–Crippen MR) is 131 cm³/mol. The average molecular weight is 549 g/mol. The van der Waals surface area contributed by atoms with E-state index in [-0.39, 0.29) is 43.9 Å². The highest BCUT2D eigenvalue weighted by molar-refractivity contribution is 7.59. The number of hydrogen-bond acceptors (Lipinski definition) is 13. The van der Waals surface area contributed by atoms with E-state index in [0.29, 0.717) is 0 Å². The molecule has 1 aromatic heterocycles. The SMILES string of the molecule is O=c1c(O)c(-c2cc(O)c(O)c(O)c2)oc2cc(OC3OC(CO)C(O)C(O)[C@H]3O)cc(O)c12.S.S. The molecule has 0 spiro atoms. The van der Waals surface area contributed by atoms with E-state index in [2.05, 4.69) is 0 Å². The third-order valence-corrected chi connectivity index (χ3v) is 5.36. The lowest BCUT2D eigenvalue weighted by molar-refractivity contribution is -0.277. The minimum absolute atomic E-state index is 0. The van der Waals surface area contributed by atoms with Crippen molar-refractivity contribution in [3.05, 3.63) is 34.5 Å². The number of hydrogen-bond donors (Lipinski definition) is 9. The number of fused-ring (bicyclic) bond motifs is 1. The van der Waals surface area contributed by atoms with Crippen LogP contribution >= 0.6 is 27.0 Å². The lowest BCUT2D eigenvalue weighted by atomic mass is 9.99. The Bertz CT molecular complexity index is 1290. The van der Waals surface area contributed by atoms with Crippen LogP contribution in [0.15, 0.2) is 33.5 Å². The van der Waals surface area contributed by atoms with Crippen molar-refractivity contribution < 1.29 is 59.8 Å². The Balaban J connectivity index is 0.00000228. The normalized spacial score (nSPS) is 23.5. The fraction of sp³-hybridized carbons (Fsp3) is 0.286. The molecular weight excluding hydrogens is 524 g/mol. The summed E-state index contributed by atoms with van der Waals surface area (Å²) in [6, 6.07) is 3.85. The third-order valence-electron chi connectivity index (χ3n) is 5.36. The quantitative estimate of drug-likeness (QED) is 0.186. The topological polar surface area (TPSA) is 231 Å². The van der Waals surface area contributed by atoms with Gasteiger partial charge in [0.25, 0.3) is 0 Å². The van der Waals surface area contributed by atoms with Gasteiger partial charge in [-0.25, -0.2) is 0 Å². The molecule has 2 aromatic carbocycles. The van der Waals surface area contributed by atoms with Crippen LogP contribution in [0.5, 0.6) is 34.5 Å². The number of aliphatic hydroxyl groups is 4. The Kier molecular flexibility index (Phi) is 8.85. The van der Waals surface area contributed by atoms with Crippen LogP contribution in [0.2, 0.25) is 0 Å². The summed E-state index contributed by atoms with van der Waals surface area (Å²) in [5, 5.41) is 88.3. The number of phenols is 4. The van der Waals surface area contributed by atoms with Crippen molar-refractivity contribution in [3.63, 3.8) is 0 Å². The maximum atomic E-state index is 12.7. The van der Waals surface area contributed by atoms with Crippen LogP contribution in [0.1, 0.15) is 0 Å². The lowest BCUT2D eigenvalue weighted by Gasteiger charge is -2.39. The van der Waals surface area contributed by atoms with Gasteiger partial charge in [0.05, 0.1) is 6.61 Å². The van der Waals surface area contributed by atoms with Gasteiger partial charge >= 0.3 is 0 Å². The zero-order valence-electron chi connectivity index (χ0n) is 18.1. The third kappa shape index (κ3) is 4.94. The van der Waals surface area contributed by atoms with E-state index in [4.69, 9.17) is 13.9 Å². The number of aromatic hydroxyl groups is 5. The molecule has 4 rings (SSSR count). The number of benzene rings is 2. The molecule has 2 heterocycles. The van der Waals surface area contributed by atoms with E-state index in [1.807, 2.05) is 0 Å². The first-order valence-electron chi connectivity index (χ1n) is 9.78. The Morgan fingerprint density at radius 3 is 2.00 bits per heavy atom. The minimum Gasteiger partial charge on any atom is -0.507 e.